The quantitative estimate of drug-likeness (QED) is 0.0122. The average Bonchev–Trinajstić information content (AvgIpc) is 4.13. The van der Waals surface area contributed by atoms with Crippen LogP contribution in [0.5, 0.6) is 0 Å². The number of rotatable bonds is 35. The molecule has 1 heterocycles. The van der Waals surface area contributed by atoms with Crippen molar-refractivity contribution in [3.8, 4) is 0 Å². The molecule has 4 rings (SSSR count). The van der Waals surface area contributed by atoms with Gasteiger partial charge in [-0.15, -0.1) is 0 Å². The summed E-state index contributed by atoms with van der Waals surface area (Å²) < 4.78 is 0. The average molecular weight is 1170 g/mol. The van der Waals surface area contributed by atoms with Crippen LogP contribution >= 0.6 is 0 Å². The molecular formula is C56H80N16O12. The lowest BCUT2D eigenvalue weighted by atomic mass is 10.0. The van der Waals surface area contributed by atoms with Crippen molar-refractivity contribution in [2.75, 3.05) is 26.3 Å². The number of aliphatic carboxylic acids is 1. The first-order valence-electron chi connectivity index (χ1n) is 27.4. The number of guanidine groups is 2. The molecule has 0 aliphatic heterocycles. The van der Waals surface area contributed by atoms with Gasteiger partial charge in [0.25, 0.3) is 0 Å². The van der Waals surface area contributed by atoms with Crippen LogP contribution in [0.25, 0.3) is 10.9 Å². The number of carbonyl (C=O) groups is 9. The van der Waals surface area contributed by atoms with E-state index in [1.54, 1.807) is 80.7 Å². The minimum atomic E-state index is -1.71. The number of hydrogen-bond acceptors (Lipinski definition) is 14. The number of carbonyl (C=O) groups excluding carboxylic acids is 8. The van der Waals surface area contributed by atoms with Gasteiger partial charge in [-0.1, -0.05) is 92.7 Å². The number of carboxylic acids is 1. The predicted octanol–water partition coefficient (Wildman–Crippen LogP) is -3.36. The van der Waals surface area contributed by atoms with E-state index in [-0.39, 0.29) is 82.3 Å². The van der Waals surface area contributed by atoms with Crippen molar-refractivity contribution < 1.29 is 58.5 Å². The Morgan fingerprint density at radius 1 is 0.488 bits per heavy atom. The number of aliphatic hydroxyl groups excluding tert-OH is 2. The van der Waals surface area contributed by atoms with Gasteiger partial charge in [-0.3, -0.25) is 48.3 Å². The fourth-order valence-corrected chi connectivity index (χ4v) is 8.69. The fraction of sp³-hybridized carbons (Fsp3) is 0.446. The Kier molecular flexibility index (Phi) is 27.5. The zero-order valence-corrected chi connectivity index (χ0v) is 47.2. The summed E-state index contributed by atoms with van der Waals surface area (Å²) in [6.07, 6.45) is 1.85. The van der Waals surface area contributed by atoms with Crippen molar-refractivity contribution in [3.05, 3.63) is 108 Å². The molecule has 8 amide bonds. The summed E-state index contributed by atoms with van der Waals surface area (Å²) in [7, 11) is 0. The zero-order valence-electron chi connectivity index (χ0n) is 47.2. The van der Waals surface area contributed by atoms with E-state index in [1.807, 2.05) is 24.3 Å². The third-order valence-corrected chi connectivity index (χ3v) is 13.1. The van der Waals surface area contributed by atoms with Crippen LogP contribution in [0.3, 0.4) is 0 Å². The van der Waals surface area contributed by atoms with Crippen LogP contribution in [-0.4, -0.2) is 166 Å². The Hall–Kier alpha value is -9.15. The van der Waals surface area contributed by atoms with Gasteiger partial charge in [0.2, 0.25) is 47.3 Å². The number of aliphatic imine (C=N–C) groups is 2. The minimum absolute atomic E-state index is 0.0207. The summed E-state index contributed by atoms with van der Waals surface area (Å²) in [5, 5.41) is 51.5. The molecule has 456 valence electrons. The highest BCUT2D eigenvalue weighted by Gasteiger charge is 2.35. The first kappa shape index (κ1) is 67.4. The SMILES string of the molecule is CC(C)C[C@H](NC(=O)[C@H](CO)NC(=O)[C@H](C)NC(=O)[C@H](CO)NC(=O)[C@H](Cc1ccccc1)NC(=O)[C@@H](N)Cc1c[nH]c2ccccc12)C(=O)N[C@@H](CCCN=C(N)N)C(=O)N[C@@H](Cc1ccccc1)C(=O)N[C@@H](CCCN=C(N)N)C(=O)O. The molecule has 0 spiro atoms. The van der Waals surface area contributed by atoms with Crippen molar-refractivity contribution >= 4 is 76.0 Å². The Bertz CT molecular complexity index is 2900. The Balaban J connectivity index is 1.44. The van der Waals surface area contributed by atoms with Crippen molar-refractivity contribution in [3.63, 3.8) is 0 Å². The summed E-state index contributed by atoms with van der Waals surface area (Å²) in [6, 6.07) is 11.9. The van der Waals surface area contributed by atoms with Gasteiger partial charge >= 0.3 is 5.97 Å². The number of nitrogens with two attached hydrogens (primary N) is 5. The molecule has 1 aromatic heterocycles. The molecule has 0 bridgehead atoms. The van der Waals surface area contributed by atoms with Crippen LogP contribution in [0.1, 0.15) is 69.6 Å². The molecule has 28 nitrogen and oxygen atoms in total. The normalized spacial score (nSPS) is 14.3. The second-order valence-corrected chi connectivity index (χ2v) is 20.4. The van der Waals surface area contributed by atoms with Gasteiger partial charge in [0.15, 0.2) is 11.9 Å². The minimum Gasteiger partial charge on any atom is -0.480 e. The van der Waals surface area contributed by atoms with Crippen LogP contribution in [0.15, 0.2) is 101 Å². The van der Waals surface area contributed by atoms with Gasteiger partial charge in [0.1, 0.15) is 48.3 Å². The molecule has 0 aliphatic carbocycles. The molecule has 0 saturated heterocycles. The number of nitrogens with one attached hydrogen (secondary N) is 9. The number of nitrogens with zero attached hydrogens (tertiary/aromatic N) is 2. The highest BCUT2D eigenvalue weighted by Crippen LogP contribution is 2.19. The number of aliphatic hydroxyl groups is 2. The maximum atomic E-state index is 14.2. The van der Waals surface area contributed by atoms with Crippen LogP contribution in [0, 0.1) is 5.92 Å². The van der Waals surface area contributed by atoms with Crippen LogP contribution < -0.4 is 71.2 Å². The lowest BCUT2D eigenvalue weighted by molar-refractivity contribution is -0.142. The van der Waals surface area contributed by atoms with Gasteiger partial charge in [-0.2, -0.15) is 0 Å². The monoisotopic (exact) mass is 1170 g/mol. The first-order valence-corrected chi connectivity index (χ1v) is 27.4. The van der Waals surface area contributed by atoms with Crippen LogP contribution in [-0.2, 0) is 62.4 Å². The van der Waals surface area contributed by atoms with Gasteiger partial charge in [-0.05, 0) is 74.1 Å². The highest BCUT2D eigenvalue weighted by atomic mass is 16.4. The number of hydrogen-bond donors (Lipinski definition) is 17. The second kappa shape index (κ2) is 34.3. The molecule has 28 heteroatoms. The largest absolute Gasteiger partial charge is 0.480 e. The van der Waals surface area contributed by atoms with E-state index in [4.69, 9.17) is 28.7 Å². The molecule has 84 heavy (non-hydrogen) atoms. The van der Waals surface area contributed by atoms with E-state index in [1.165, 1.54) is 6.92 Å². The van der Waals surface area contributed by atoms with E-state index in [0.717, 1.165) is 16.5 Å². The van der Waals surface area contributed by atoms with E-state index in [2.05, 4.69) is 57.5 Å². The molecule has 0 unspecified atom stereocenters. The molecular weight excluding hydrogens is 1090 g/mol. The summed E-state index contributed by atoms with van der Waals surface area (Å²) >= 11 is 0. The number of fused-ring (bicyclic) bond motifs is 1. The number of amides is 8. The topological polar surface area (TPSA) is 481 Å². The molecule has 9 atom stereocenters. The predicted molar refractivity (Wildman–Crippen MR) is 312 cm³/mol. The summed E-state index contributed by atoms with van der Waals surface area (Å²) in [4.78, 5) is 134. The third-order valence-electron chi connectivity index (χ3n) is 13.1. The number of H-pyrrole nitrogens is 1. The third kappa shape index (κ3) is 22.7. The smallest absolute Gasteiger partial charge is 0.326 e. The van der Waals surface area contributed by atoms with E-state index >= 15 is 0 Å². The molecule has 0 aliphatic rings. The maximum Gasteiger partial charge on any atom is 0.326 e. The van der Waals surface area contributed by atoms with Crippen molar-refractivity contribution in [2.24, 2.45) is 44.6 Å². The lowest BCUT2D eigenvalue weighted by Crippen LogP contribution is -2.61. The molecule has 3 aromatic carbocycles. The number of para-hydroxylation sites is 1. The van der Waals surface area contributed by atoms with E-state index in [9.17, 15) is 58.5 Å². The zero-order chi connectivity index (χ0) is 61.9. The Morgan fingerprint density at radius 2 is 0.893 bits per heavy atom. The molecule has 0 radical (unpaired) electrons. The number of benzene rings is 3. The second-order valence-electron chi connectivity index (χ2n) is 20.4. The number of carboxylic acid groups (broad SMARTS) is 1. The van der Waals surface area contributed by atoms with Crippen molar-refractivity contribution in [1.29, 1.82) is 0 Å². The van der Waals surface area contributed by atoms with E-state index < -0.39 is 121 Å². The molecule has 0 fully saturated rings. The number of aromatic nitrogens is 1. The summed E-state index contributed by atoms with van der Waals surface area (Å²) in [5.74, 6) is -9.26. The van der Waals surface area contributed by atoms with Crippen molar-refractivity contribution in [2.45, 2.75) is 127 Å². The fourth-order valence-electron chi connectivity index (χ4n) is 8.69. The lowest BCUT2D eigenvalue weighted by Gasteiger charge is -2.28. The van der Waals surface area contributed by atoms with Gasteiger partial charge in [0, 0.05) is 43.0 Å². The van der Waals surface area contributed by atoms with E-state index in [0.29, 0.717) is 11.1 Å². The van der Waals surface area contributed by atoms with Gasteiger partial charge < -0.3 is 91.5 Å². The molecule has 0 saturated carbocycles. The van der Waals surface area contributed by atoms with Gasteiger partial charge in [-0.25, -0.2) is 4.79 Å². The van der Waals surface area contributed by atoms with Crippen molar-refractivity contribution in [1.82, 2.24) is 47.5 Å². The first-order chi connectivity index (χ1) is 40.0. The van der Waals surface area contributed by atoms with Crippen LogP contribution in [0.2, 0.25) is 0 Å². The summed E-state index contributed by atoms with van der Waals surface area (Å²) in [6.45, 7) is 2.87. The number of aromatic amines is 1. The maximum absolute atomic E-state index is 14.2. The molecule has 4 aromatic rings. The standard InChI is InChI=1S/C56H80N16O12/c1-31(2)24-41(49(78)66-39(20-12-22-62-55(58)59)48(77)70-43(26-34-16-8-5-9-17-34)50(79)67-40(54(83)84)21-13-23-63-56(60)61)69-53(82)45(30-74)71-46(75)32(3)65-52(81)44(29-73)72-51(80)42(25-33-14-6-4-7-15-33)68-47(76)37(57)27-35-28-64-38-19-11-10-18-36(35)38/h4-11,14-19,28,31-32,37,39-45,64,73-74H,12-13,20-27,29-30,57H2,1-3H3,(H,65,81)(H,66,78)(H,67,79)(H,68,76)(H,69,82)(H,70,77)(H,71,75)(H,72,80)(H,83,84)(H4,58,59,62)(H4,60,61,63)/t32-,37-,39-,40-,41-,42-,43-,44-,45-/m0/s1. The highest BCUT2D eigenvalue weighted by molar-refractivity contribution is 5.98. The molecule has 22 N–H and O–H groups in total. The summed E-state index contributed by atoms with van der Waals surface area (Å²) in [5.41, 5.74) is 31.0. The Morgan fingerprint density at radius 3 is 1.40 bits per heavy atom. The Labute approximate surface area is 485 Å². The van der Waals surface area contributed by atoms with Crippen LogP contribution in [0.4, 0.5) is 0 Å². The van der Waals surface area contributed by atoms with Gasteiger partial charge in [0.05, 0.1) is 19.3 Å².